The van der Waals surface area contributed by atoms with E-state index in [1.165, 1.54) is 68.9 Å². The van der Waals surface area contributed by atoms with Crippen molar-refractivity contribution in [3.63, 3.8) is 0 Å². The molecular formula is C35H46O3. The number of ether oxygens (including phenoxy) is 2. The van der Waals surface area contributed by atoms with Crippen molar-refractivity contribution in [1.29, 1.82) is 0 Å². The van der Waals surface area contributed by atoms with E-state index in [4.69, 9.17) is 9.47 Å². The van der Waals surface area contributed by atoms with Crippen LogP contribution in [0.4, 0.5) is 0 Å². The van der Waals surface area contributed by atoms with Crippen molar-refractivity contribution in [3.8, 4) is 16.9 Å². The summed E-state index contributed by atoms with van der Waals surface area (Å²) in [6.45, 7) is 7.39. The molecule has 0 N–H and O–H groups in total. The highest BCUT2D eigenvalue weighted by Gasteiger charge is 2.10. The molecule has 0 fully saturated rings. The van der Waals surface area contributed by atoms with Crippen LogP contribution >= 0.6 is 0 Å². The van der Waals surface area contributed by atoms with E-state index in [9.17, 15) is 4.79 Å². The molecule has 3 aromatic rings. The van der Waals surface area contributed by atoms with Gasteiger partial charge < -0.3 is 9.47 Å². The third-order valence-electron chi connectivity index (χ3n) is 7.15. The molecule has 0 spiro atoms. The van der Waals surface area contributed by atoms with Crippen molar-refractivity contribution in [2.24, 2.45) is 0 Å². The molecule has 0 aliphatic heterocycles. The SMILES string of the molecule is CCCCCCCCc1ccc(C(=O)Oc2ccc(-c3ccc(C(C)OCCCCCC)cc3)cc2)cc1. The molecular weight excluding hydrogens is 468 g/mol. The zero-order chi connectivity index (χ0) is 27.0. The van der Waals surface area contributed by atoms with Gasteiger partial charge in [-0.3, -0.25) is 0 Å². The average Bonchev–Trinajstić information content (AvgIpc) is 2.95. The van der Waals surface area contributed by atoms with E-state index in [1.807, 2.05) is 48.5 Å². The lowest BCUT2D eigenvalue weighted by molar-refractivity contribution is 0.0628. The van der Waals surface area contributed by atoms with Crippen LogP contribution in [0.5, 0.6) is 5.75 Å². The third-order valence-corrected chi connectivity index (χ3v) is 7.15. The predicted octanol–water partition coefficient (Wildman–Crippen LogP) is 10.1. The van der Waals surface area contributed by atoms with Crippen molar-refractivity contribution in [2.75, 3.05) is 6.61 Å². The molecule has 1 atom stereocenters. The molecule has 3 heteroatoms. The maximum absolute atomic E-state index is 12.6. The molecule has 3 rings (SSSR count). The second-order valence-corrected chi connectivity index (χ2v) is 10.3. The Balaban J connectivity index is 1.45. The van der Waals surface area contributed by atoms with Gasteiger partial charge in [0.05, 0.1) is 11.7 Å². The highest BCUT2D eigenvalue weighted by Crippen LogP contribution is 2.26. The van der Waals surface area contributed by atoms with Crippen molar-refractivity contribution >= 4 is 5.97 Å². The number of carbonyl (C=O) groups is 1. The summed E-state index contributed by atoms with van der Waals surface area (Å²) in [4.78, 5) is 12.6. The summed E-state index contributed by atoms with van der Waals surface area (Å²) in [5, 5.41) is 0. The smallest absolute Gasteiger partial charge is 0.343 e. The van der Waals surface area contributed by atoms with Gasteiger partial charge in [0.1, 0.15) is 5.75 Å². The van der Waals surface area contributed by atoms with Crippen LogP contribution in [0.25, 0.3) is 11.1 Å². The van der Waals surface area contributed by atoms with Gasteiger partial charge in [0, 0.05) is 6.61 Å². The van der Waals surface area contributed by atoms with Gasteiger partial charge in [-0.25, -0.2) is 4.79 Å². The molecule has 0 amide bonds. The monoisotopic (exact) mass is 514 g/mol. The average molecular weight is 515 g/mol. The molecule has 0 aliphatic carbocycles. The number of unbranched alkanes of at least 4 members (excludes halogenated alkanes) is 8. The molecule has 0 heterocycles. The standard InChI is InChI=1S/C35H46O3/c1-4-6-8-10-11-12-14-29-15-17-33(18-16-29)35(36)38-34-25-23-32(24-26-34)31-21-19-30(20-22-31)28(3)37-27-13-9-7-5-2/h15-26,28H,4-14,27H2,1-3H3. The summed E-state index contributed by atoms with van der Waals surface area (Å²) in [5.74, 6) is 0.230. The van der Waals surface area contributed by atoms with Crippen LogP contribution < -0.4 is 4.74 Å². The topological polar surface area (TPSA) is 35.5 Å². The second-order valence-electron chi connectivity index (χ2n) is 10.3. The van der Waals surface area contributed by atoms with Gasteiger partial charge in [-0.1, -0.05) is 114 Å². The normalized spacial score (nSPS) is 11.9. The Morgan fingerprint density at radius 1 is 0.658 bits per heavy atom. The molecule has 3 aromatic carbocycles. The van der Waals surface area contributed by atoms with Gasteiger partial charge in [0.25, 0.3) is 0 Å². The molecule has 204 valence electrons. The largest absolute Gasteiger partial charge is 0.423 e. The Labute approximate surface area is 230 Å². The summed E-state index contributed by atoms with van der Waals surface area (Å²) < 4.78 is 11.6. The van der Waals surface area contributed by atoms with Gasteiger partial charge in [-0.15, -0.1) is 0 Å². The van der Waals surface area contributed by atoms with Crippen LogP contribution in [0.3, 0.4) is 0 Å². The Morgan fingerprint density at radius 3 is 1.84 bits per heavy atom. The van der Waals surface area contributed by atoms with Crippen molar-refractivity contribution in [3.05, 3.63) is 89.5 Å². The molecule has 0 aromatic heterocycles. The molecule has 1 unspecified atom stereocenters. The van der Waals surface area contributed by atoms with Crippen LogP contribution in [0.1, 0.15) is 113 Å². The highest BCUT2D eigenvalue weighted by atomic mass is 16.5. The van der Waals surface area contributed by atoms with E-state index in [0.29, 0.717) is 11.3 Å². The van der Waals surface area contributed by atoms with Crippen LogP contribution in [0, 0.1) is 0 Å². The molecule has 3 nitrogen and oxygen atoms in total. The summed E-state index contributed by atoms with van der Waals surface area (Å²) in [6.07, 6.45) is 13.8. The fraction of sp³-hybridized carbons (Fsp3) is 0.457. The maximum Gasteiger partial charge on any atom is 0.343 e. The molecule has 0 saturated carbocycles. The molecule has 0 bridgehead atoms. The van der Waals surface area contributed by atoms with Gasteiger partial charge in [0.2, 0.25) is 0 Å². The lowest BCUT2D eigenvalue weighted by atomic mass is 10.0. The second kappa shape index (κ2) is 16.8. The fourth-order valence-electron chi connectivity index (χ4n) is 4.63. The van der Waals surface area contributed by atoms with E-state index in [2.05, 4.69) is 45.0 Å². The number of hydrogen-bond acceptors (Lipinski definition) is 3. The summed E-state index contributed by atoms with van der Waals surface area (Å²) in [6, 6.07) is 24.1. The Hall–Kier alpha value is -2.91. The van der Waals surface area contributed by atoms with Gasteiger partial charge in [-0.2, -0.15) is 0 Å². The van der Waals surface area contributed by atoms with E-state index < -0.39 is 0 Å². The predicted molar refractivity (Wildman–Crippen MR) is 159 cm³/mol. The lowest BCUT2D eigenvalue weighted by Crippen LogP contribution is -2.08. The van der Waals surface area contributed by atoms with Crippen LogP contribution in [0.15, 0.2) is 72.8 Å². The van der Waals surface area contributed by atoms with Gasteiger partial charge in [-0.05, 0) is 72.7 Å². The fourth-order valence-corrected chi connectivity index (χ4v) is 4.63. The number of esters is 1. The maximum atomic E-state index is 12.6. The molecule has 0 radical (unpaired) electrons. The Kier molecular flexibility index (Phi) is 13.1. The van der Waals surface area contributed by atoms with E-state index in [1.54, 1.807) is 0 Å². The van der Waals surface area contributed by atoms with E-state index >= 15 is 0 Å². The first kappa shape index (κ1) is 29.6. The number of benzene rings is 3. The van der Waals surface area contributed by atoms with Crippen LogP contribution in [-0.2, 0) is 11.2 Å². The Bertz CT molecular complexity index is 1050. The minimum Gasteiger partial charge on any atom is -0.423 e. The van der Waals surface area contributed by atoms with Crippen LogP contribution in [0.2, 0.25) is 0 Å². The Morgan fingerprint density at radius 2 is 1.21 bits per heavy atom. The first-order valence-electron chi connectivity index (χ1n) is 14.7. The number of rotatable bonds is 17. The van der Waals surface area contributed by atoms with Crippen LogP contribution in [-0.4, -0.2) is 12.6 Å². The minimum atomic E-state index is -0.322. The molecule has 38 heavy (non-hydrogen) atoms. The molecule has 0 saturated heterocycles. The van der Waals surface area contributed by atoms with E-state index in [-0.39, 0.29) is 12.1 Å². The first-order chi connectivity index (χ1) is 18.6. The summed E-state index contributed by atoms with van der Waals surface area (Å²) in [7, 11) is 0. The van der Waals surface area contributed by atoms with Crippen molar-refractivity contribution in [1.82, 2.24) is 0 Å². The highest BCUT2D eigenvalue weighted by molar-refractivity contribution is 5.91. The summed E-state index contributed by atoms with van der Waals surface area (Å²) >= 11 is 0. The minimum absolute atomic E-state index is 0.0945. The first-order valence-corrected chi connectivity index (χ1v) is 14.7. The van der Waals surface area contributed by atoms with Gasteiger partial charge >= 0.3 is 5.97 Å². The third kappa shape index (κ3) is 10.1. The number of carbonyl (C=O) groups excluding carboxylic acids is 1. The zero-order valence-corrected chi connectivity index (χ0v) is 23.7. The lowest BCUT2D eigenvalue weighted by Gasteiger charge is -2.14. The van der Waals surface area contributed by atoms with Crippen molar-refractivity contribution < 1.29 is 14.3 Å². The van der Waals surface area contributed by atoms with Gasteiger partial charge in [0.15, 0.2) is 0 Å². The number of hydrogen-bond donors (Lipinski definition) is 0. The quantitative estimate of drug-likeness (QED) is 0.102. The number of aryl methyl sites for hydroxylation is 1. The molecule has 0 aliphatic rings. The zero-order valence-electron chi connectivity index (χ0n) is 23.7. The van der Waals surface area contributed by atoms with E-state index in [0.717, 1.165) is 30.6 Å². The van der Waals surface area contributed by atoms with Crippen molar-refractivity contribution in [2.45, 2.75) is 97.5 Å². The summed E-state index contributed by atoms with van der Waals surface area (Å²) in [5.41, 5.74) is 5.26.